The highest BCUT2D eigenvalue weighted by molar-refractivity contribution is 6.84. The second-order valence-electron chi connectivity index (χ2n) is 4.17. The maximum absolute atomic E-state index is 2.53. The first-order valence-corrected chi connectivity index (χ1v) is 8.70. The van der Waals surface area contributed by atoms with Gasteiger partial charge < -0.3 is 0 Å². The number of hydrogen-bond acceptors (Lipinski definition) is 0. The van der Waals surface area contributed by atoms with Crippen LogP contribution in [0.3, 0.4) is 0 Å². The minimum absolute atomic E-state index is 1.08. The molecule has 0 saturated heterocycles. The average Bonchev–Trinajstić information content (AvgIpc) is 2.33. The van der Waals surface area contributed by atoms with Crippen molar-refractivity contribution in [3.63, 3.8) is 0 Å². The van der Waals surface area contributed by atoms with Crippen LogP contribution in [0.4, 0.5) is 0 Å². The van der Waals surface area contributed by atoms with Crippen molar-refractivity contribution in [2.24, 2.45) is 0 Å². The smallest absolute Gasteiger partial charge is 0.0770 e. The van der Waals surface area contributed by atoms with Gasteiger partial charge in [-0.1, -0.05) is 81.0 Å². The Morgan fingerprint density at radius 3 is 1.93 bits per heavy atom. The summed E-state index contributed by atoms with van der Waals surface area (Å²) < 4.78 is 0. The first-order valence-electron chi connectivity index (χ1n) is 6.00. The molecule has 0 aliphatic carbocycles. The molecule has 0 aromatic heterocycles. The van der Waals surface area contributed by atoms with Gasteiger partial charge in [-0.15, -0.1) is 0 Å². The predicted molar refractivity (Wildman–Crippen MR) is 72.7 cm³/mol. The van der Waals surface area contributed by atoms with Crippen LogP contribution in [0.1, 0.15) is 26.3 Å². The van der Waals surface area contributed by atoms with Gasteiger partial charge in [0.15, 0.2) is 0 Å². The van der Waals surface area contributed by atoms with Crippen LogP contribution in [0.25, 0.3) is 6.08 Å². The van der Waals surface area contributed by atoms with Crippen molar-refractivity contribution in [2.45, 2.75) is 38.9 Å². The quantitative estimate of drug-likeness (QED) is 0.626. The van der Waals surface area contributed by atoms with Crippen molar-refractivity contribution in [2.75, 3.05) is 0 Å². The monoisotopic (exact) mass is 218 g/mol. The Morgan fingerprint density at radius 1 is 0.933 bits per heavy atom. The molecule has 0 aliphatic heterocycles. The Bertz CT molecular complexity index is 288. The predicted octanol–water partition coefficient (Wildman–Crippen LogP) is 4.75. The highest BCUT2D eigenvalue weighted by atomic mass is 28.3. The van der Waals surface area contributed by atoms with Crippen molar-refractivity contribution in [3.8, 4) is 0 Å². The van der Waals surface area contributed by atoms with E-state index in [1.807, 2.05) is 0 Å². The van der Waals surface area contributed by atoms with Crippen LogP contribution in [0.15, 0.2) is 36.0 Å². The van der Waals surface area contributed by atoms with Crippen molar-refractivity contribution in [3.05, 3.63) is 41.6 Å². The molecule has 0 unspecified atom stereocenters. The summed E-state index contributed by atoms with van der Waals surface area (Å²) in [6, 6.07) is 14.7. The van der Waals surface area contributed by atoms with E-state index >= 15 is 0 Å². The molecule has 1 aromatic rings. The van der Waals surface area contributed by atoms with Crippen LogP contribution in [0, 0.1) is 0 Å². The van der Waals surface area contributed by atoms with Gasteiger partial charge in [0.1, 0.15) is 0 Å². The minimum Gasteiger partial charge on any atom is -0.0936 e. The fraction of sp³-hybridized carbons (Fsp3) is 0.429. The minimum atomic E-state index is -1.08. The summed E-state index contributed by atoms with van der Waals surface area (Å²) in [4.78, 5) is 0. The molecule has 0 N–H and O–H groups in total. The van der Waals surface area contributed by atoms with E-state index in [1.165, 1.54) is 23.7 Å². The first kappa shape index (κ1) is 12.2. The molecule has 0 nitrogen and oxygen atoms in total. The summed E-state index contributed by atoms with van der Waals surface area (Å²) >= 11 is 0. The molecule has 1 aromatic carbocycles. The van der Waals surface area contributed by atoms with E-state index in [4.69, 9.17) is 0 Å². The largest absolute Gasteiger partial charge is 0.0936 e. The Morgan fingerprint density at radius 2 is 1.47 bits per heavy atom. The average molecular weight is 218 g/mol. The molecule has 82 valence electrons. The molecule has 0 amide bonds. The number of hydrogen-bond donors (Lipinski definition) is 0. The van der Waals surface area contributed by atoms with Crippen molar-refractivity contribution < 1.29 is 0 Å². The fourth-order valence-corrected chi connectivity index (χ4v) is 4.69. The zero-order valence-electron chi connectivity index (χ0n) is 10.2. The SMILES string of the molecule is CC[Si](C=Cc1ccccc1)(CC)CC. The van der Waals surface area contributed by atoms with Crippen LogP contribution in [-0.4, -0.2) is 8.07 Å². The van der Waals surface area contributed by atoms with Gasteiger partial charge in [-0.05, 0) is 5.56 Å². The molecule has 1 heteroatoms. The number of rotatable bonds is 5. The normalized spacial score (nSPS) is 12.2. The third-order valence-corrected chi connectivity index (χ3v) is 8.64. The van der Waals surface area contributed by atoms with Crippen molar-refractivity contribution in [1.29, 1.82) is 0 Å². The lowest BCUT2D eigenvalue weighted by Gasteiger charge is -2.23. The standard InChI is InChI=1S/C14H22Si/c1-4-15(5-2,6-3)13-12-14-10-8-7-9-11-14/h7-13H,4-6H2,1-3H3. The molecule has 0 heterocycles. The molecule has 0 fully saturated rings. The van der Waals surface area contributed by atoms with Crippen LogP contribution in [0.2, 0.25) is 18.1 Å². The van der Waals surface area contributed by atoms with E-state index < -0.39 is 8.07 Å². The molecule has 0 spiro atoms. The van der Waals surface area contributed by atoms with Gasteiger partial charge in [-0.2, -0.15) is 0 Å². The number of benzene rings is 1. The summed E-state index contributed by atoms with van der Waals surface area (Å²) in [7, 11) is -1.08. The van der Waals surface area contributed by atoms with Crippen molar-refractivity contribution >= 4 is 14.1 Å². The summed E-state index contributed by atoms with van der Waals surface area (Å²) in [5.41, 5.74) is 3.87. The van der Waals surface area contributed by atoms with E-state index in [-0.39, 0.29) is 0 Å². The summed E-state index contributed by atoms with van der Waals surface area (Å²) in [6.07, 6.45) is 2.32. The van der Waals surface area contributed by atoms with E-state index in [2.05, 4.69) is 62.9 Å². The van der Waals surface area contributed by atoms with Crippen molar-refractivity contribution in [1.82, 2.24) is 0 Å². The molecular weight excluding hydrogens is 196 g/mol. The Hall–Kier alpha value is -0.823. The topological polar surface area (TPSA) is 0 Å². The second kappa shape index (κ2) is 5.91. The highest BCUT2D eigenvalue weighted by Crippen LogP contribution is 2.22. The maximum atomic E-state index is 2.53. The zero-order valence-corrected chi connectivity index (χ0v) is 11.2. The maximum Gasteiger partial charge on any atom is 0.0770 e. The molecular formula is C14H22Si. The van der Waals surface area contributed by atoms with Gasteiger partial charge in [0.05, 0.1) is 8.07 Å². The van der Waals surface area contributed by atoms with E-state index in [0.29, 0.717) is 0 Å². The summed E-state index contributed by atoms with van der Waals surface area (Å²) in [5.74, 6) is 0. The third kappa shape index (κ3) is 3.35. The molecule has 0 bridgehead atoms. The van der Waals surface area contributed by atoms with Crippen LogP contribution < -0.4 is 0 Å². The summed E-state index contributed by atoms with van der Waals surface area (Å²) in [6.45, 7) is 7.03. The second-order valence-corrected chi connectivity index (χ2v) is 9.35. The molecule has 0 aliphatic rings. The molecule has 1 rings (SSSR count). The lowest BCUT2D eigenvalue weighted by Crippen LogP contribution is -2.28. The van der Waals surface area contributed by atoms with Gasteiger partial charge in [0.25, 0.3) is 0 Å². The Labute approximate surface area is 95.0 Å². The molecule has 0 saturated carbocycles. The third-order valence-electron chi connectivity index (χ3n) is 3.54. The Balaban J connectivity index is 2.79. The van der Waals surface area contributed by atoms with Gasteiger partial charge in [-0.25, -0.2) is 0 Å². The van der Waals surface area contributed by atoms with Crippen LogP contribution in [0.5, 0.6) is 0 Å². The van der Waals surface area contributed by atoms with E-state index in [1.54, 1.807) is 0 Å². The summed E-state index contributed by atoms with van der Waals surface area (Å²) in [5, 5.41) is 0. The van der Waals surface area contributed by atoms with Crippen LogP contribution in [-0.2, 0) is 0 Å². The molecule has 0 radical (unpaired) electrons. The van der Waals surface area contributed by atoms with E-state index in [0.717, 1.165) is 0 Å². The zero-order chi connectivity index (χ0) is 11.1. The Kier molecular flexibility index (Phi) is 4.83. The van der Waals surface area contributed by atoms with Crippen LogP contribution >= 0.6 is 0 Å². The van der Waals surface area contributed by atoms with Gasteiger partial charge in [0.2, 0.25) is 0 Å². The first-order chi connectivity index (χ1) is 7.26. The molecule has 15 heavy (non-hydrogen) atoms. The highest BCUT2D eigenvalue weighted by Gasteiger charge is 2.22. The fourth-order valence-electron chi connectivity index (χ4n) is 1.94. The lowest BCUT2D eigenvalue weighted by atomic mass is 10.2. The van der Waals surface area contributed by atoms with Gasteiger partial charge in [0, 0.05) is 0 Å². The van der Waals surface area contributed by atoms with E-state index in [9.17, 15) is 0 Å². The lowest BCUT2D eigenvalue weighted by molar-refractivity contribution is 1.20. The van der Waals surface area contributed by atoms with Gasteiger partial charge in [-0.3, -0.25) is 0 Å². The van der Waals surface area contributed by atoms with Gasteiger partial charge >= 0.3 is 0 Å². The molecule has 0 atom stereocenters.